The molecule has 0 saturated heterocycles. The minimum Gasteiger partial charge on any atom is -0.367 e. The van der Waals surface area contributed by atoms with Gasteiger partial charge >= 0.3 is 0 Å². The molecule has 0 saturated carbocycles. The number of hydrogen-bond donors (Lipinski definition) is 1. The maximum atomic E-state index is 10.9. The van der Waals surface area contributed by atoms with Crippen LogP contribution in [-0.2, 0) is 22.6 Å². The molecular weight excluding hydrogens is 166 g/mol. The second-order valence-corrected chi connectivity index (χ2v) is 3.17. The highest BCUT2D eigenvalue weighted by molar-refractivity contribution is 5.79. The Morgan fingerprint density at radius 1 is 1.38 bits per heavy atom. The van der Waals surface area contributed by atoms with Gasteiger partial charge < -0.3 is 10.5 Å². The van der Waals surface area contributed by atoms with Gasteiger partial charge in [-0.25, -0.2) is 0 Å². The molecule has 0 aliphatic carbocycles. The lowest BCUT2D eigenvalue weighted by Gasteiger charge is -2.22. The molecular formula is C10H11NO2. The van der Waals surface area contributed by atoms with Crippen molar-refractivity contribution in [2.45, 2.75) is 19.1 Å². The fourth-order valence-corrected chi connectivity index (χ4v) is 1.53. The molecule has 13 heavy (non-hydrogen) atoms. The quantitative estimate of drug-likeness (QED) is 0.683. The number of rotatable bonds is 1. The zero-order chi connectivity index (χ0) is 9.26. The van der Waals surface area contributed by atoms with E-state index in [1.807, 2.05) is 24.3 Å². The van der Waals surface area contributed by atoms with Crippen LogP contribution in [0.1, 0.15) is 11.1 Å². The summed E-state index contributed by atoms with van der Waals surface area (Å²) in [5.74, 6) is -0.380. The number of primary amides is 1. The lowest BCUT2D eigenvalue weighted by atomic mass is 9.99. The summed E-state index contributed by atoms with van der Waals surface area (Å²) >= 11 is 0. The fourth-order valence-electron chi connectivity index (χ4n) is 1.53. The van der Waals surface area contributed by atoms with Gasteiger partial charge in [0.2, 0.25) is 5.91 Å². The molecule has 0 aromatic heterocycles. The molecule has 0 fully saturated rings. The van der Waals surface area contributed by atoms with Gasteiger partial charge in [-0.3, -0.25) is 4.79 Å². The predicted molar refractivity (Wildman–Crippen MR) is 47.9 cm³/mol. The number of nitrogens with two attached hydrogens (primary N) is 1. The fraction of sp³-hybridized carbons (Fsp3) is 0.300. The molecule has 2 N–H and O–H groups in total. The van der Waals surface area contributed by atoms with Gasteiger partial charge in [0.25, 0.3) is 0 Å². The van der Waals surface area contributed by atoms with E-state index < -0.39 is 6.10 Å². The molecule has 0 radical (unpaired) electrons. The number of hydrogen-bond acceptors (Lipinski definition) is 2. The molecule has 1 amide bonds. The zero-order valence-corrected chi connectivity index (χ0v) is 7.19. The van der Waals surface area contributed by atoms with Crippen LogP contribution in [0.5, 0.6) is 0 Å². The summed E-state index contributed by atoms with van der Waals surface area (Å²) in [7, 11) is 0. The van der Waals surface area contributed by atoms with Crippen LogP contribution in [0.3, 0.4) is 0 Å². The minimum atomic E-state index is -0.449. The molecule has 3 nitrogen and oxygen atoms in total. The Morgan fingerprint density at radius 3 is 2.77 bits per heavy atom. The van der Waals surface area contributed by atoms with Crippen LogP contribution < -0.4 is 5.73 Å². The third-order valence-corrected chi connectivity index (χ3v) is 2.28. The van der Waals surface area contributed by atoms with Crippen LogP contribution in [-0.4, -0.2) is 12.0 Å². The van der Waals surface area contributed by atoms with Gasteiger partial charge in [0, 0.05) is 6.42 Å². The molecule has 0 spiro atoms. The summed E-state index contributed by atoms with van der Waals surface area (Å²) in [6, 6.07) is 7.94. The monoisotopic (exact) mass is 177 g/mol. The van der Waals surface area contributed by atoms with Crippen LogP contribution in [0.2, 0.25) is 0 Å². The summed E-state index contributed by atoms with van der Waals surface area (Å²) in [4.78, 5) is 10.9. The third-order valence-electron chi connectivity index (χ3n) is 2.28. The van der Waals surface area contributed by atoms with Crippen LogP contribution in [0.15, 0.2) is 24.3 Å². The Kier molecular flexibility index (Phi) is 2.02. The highest BCUT2D eigenvalue weighted by atomic mass is 16.5. The van der Waals surface area contributed by atoms with Gasteiger partial charge in [0.1, 0.15) is 6.10 Å². The Balaban J connectivity index is 2.24. The van der Waals surface area contributed by atoms with Crippen molar-refractivity contribution in [2.24, 2.45) is 5.73 Å². The standard InChI is InChI=1S/C10H11NO2/c11-10(12)9-5-7-3-1-2-4-8(7)6-13-9/h1-4,9H,5-6H2,(H2,11,12). The average Bonchev–Trinajstić information content (AvgIpc) is 2.17. The highest BCUT2D eigenvalue weighted by Gasteiger charge is 2.22. The van der Waals surface area contributed by atoms with Gasteiger partial charge in [-0.15, -0.1) is 0 Å². The second kappa shape index (κ2) is 3.18. The summed E-state index contributed by atoms with van der Waals surface area (Å²) in [6.45, 7) is 0.490. The number of ether oxygens (including phenoxy) is 1. The number of fused-ring (bicyclic) bond motifs is 1. The lowest BCUT2D eigenvalue weighted by molar-refractivity contribution is -0.131. The predicted octanol–water partition coefficient (Wildman–Crippen LogP) is 0.613. The van der Waals surface area contributed by atoms with Crippen LogP contribution in [0, 0.1) is 0 Å². The minimum absolute atomic E-state index is 0.380. The number of amides is 1. The van der Waals surface area contributed by atoms with Gasteiger partial charge in [-0.05, 0) is 11.1 Å². The Labute approximate surface area is 76.5 Å². The summed E-state index contributed by atoms with van der Waals surface area (Å²) < 4.78 is 5.29. The highest BCUT2D eigenvalue weighted by Crippen LogP contribution is 2.19. The normalized spacial score (nSPS) is 20.8. The first-order valence-corrected chi connectivity index (χ1v) is 4.25. The van der Waals surface area contributed by atoms with Crippen molar-refractivity contribution in [2.75, 3.05) is 0 Å². The SMILES string of the molecule is NC(=O)C1Cc2ccccc2CO1. The summed E-state index contributed by atoms with van der Waals surface area (Å²) in [6.07, 6.45) is 0.154. The van der Waals surface area contributed by atoms with Gasteiger partial charge in [0.05, 0.1) is 6.61 Å². The molecule has 1 aromatic carbocycles. The van der Waals surface area contributed by atoms with E-state index >= 15 is 0 Å². The Hall–Kier alpha value is -1.35. The largest absolute Gasteiger partial charge is 0.367 e. The van der Waals surface area contributed by atoms with Crippen LogP contribution >= 0.6 is 0 Å². The Morgan fingerprint density at radius 2 is 2.08 bits per heavy atom. The van der Waals surface area contributed by atoms with Gasteiger partial charge in [-0.2, -0.15) is 0 Å². The van der Waals surface area contributed by atoms with Crippen LogP contribution in [0.25, 0.3) is 0 Å². The van der Waals surface area contributed by atoms with E-state index in [9.17, 15) is 4.79 Å². The molecule has 1 heterocycles. The van der Waals surface area contributed by atoms with Crippen molar-refractivity contribution in [1.29, 1.82) is 0 Å². The molecule has 1 atom stereocenters. The Bertz CT molecular complexity index is 335. The number of carbonyl (C=O) groups excluding carboxylic acids is 1. The van der Waals surface area contributed by atoms with Crippen molar-refractivity contribution in [3.05, 3.63) is 35.4 Å². The second-order valence-electron chi connectivity index (χ2n) is 3.17. The molecule has 1 aliphatic rings. The molecule has 1 unspecified atom stereocenters. The molecule has 1 aliphatic heterocycles. The summed E-state index contributed by atoms with van der Waals surface area (Å²) in [5, 5.41) is 0. The first-order valence-electron chi connectivity index (χ1n) is 4.25. The van der Waals surface area contributed by atoms with E-state index in [0.29, 0.717) is 13.0 Å². The van der Waals surface area contributed by atoms with Crippen molar-refractivity contribution < 1.29 is 9.53 Å². The van der Waals surface area contributed by atoms with E-state index in [2.05, 4.69) is 0 Å². The van der Waals surface area contributed by atoms with Crippen molar-refractivity contribution >= 4 is 5.91 Å². The smallest absolute Gasteiger partial charge is 0.246 e. The van der Waals surface area contributed by atoms with E-state index in [1.165, 1.54) is 0 Å². The molecule has 0 bridgehead atoms. The first-order chi connectivity index (χ1) is 6.27. The van der Waals surface area contributed by atoms with E-state index in [4.69, 9.17) is 10.5 Å². The molecule has 68 valence electrons. The van der Waals surface area contributed by atoms with Gasteiger partial charge in [-0.1, -0.05) is 24.3 Å². The van der Waals surface area contributed by atoms with E-state index in [1.54, 1.807) is 0 Å². The maximum absolute atomic E-state index is 10.9. The number of benzene rings is 1. The van der Waals surface area contributed by atoms with Crippen LogP contribution in [0.4, 0.5) is 0 Å². The molecule has 3 heteroatoms. The number of carbonyl (C=O) groups is 1. The third kappa shape index (κ3) is 1.55. The lowest BCUT2D eigenvalue weighted by Crippen LogP contribution is -2.35. The molecule has 1 aromatic rings. The molecule has 2 rings (SSSR count). The van der Waals surface area contributed by atoms with Crippen molar-refractivity contribution in [3.63, 3.8) is 0 Å². The van der Waals surface area contributed by atoms with E-state index in [-0.39, 0.29) is 5.91 Å². The van der Waals surface area contributed by atoms with Gasteiger partial charge in [0.15, 0.2) is 0 Å². The maximum Gasteiger partial charge on any atom is 0.246 e. The summed E-state index contributed by atoms with van der Waals surface area (Å²) in [5.41, 5.74) is 7.48. The topological polar surface area (TPSA) is 52.3 Å². The van der Waals surface area contributed by atoms with Crippen molar-refractivity contribution in [1.82, 2.24) is 0 Å². The first kappa shape index (κ1) is 8.26. The average molecular weight is 177 g/mol. The van der Waals surface area contributed by atoms with E-state index in [0.717, 1.165) is 11.1 Å². The van der Waals surface area contributed by atoms with Crippen molar-refractivity contribution in [3.8, 4) is 0 Å². The zero-order valence-electron chi connectivity index (χ0n) is 7.19.